The largest absolute Gasteiger partial charge is 0.467 e. The standard InChI is InChI=1S/C21H22N2O4S/c1-16-10-12-19(13-11-16)28(25,26)23(18-7-4-3-5-8-18)15-21(24)22-17(2)20-9-6-14-27-20/h3-14,17H,15H2,1-2H3,(H,22,24). The second-order valence-electron chi connectivity index (χ2n) is 6.46. The van der Waals surface area contributed by atoms with E-state index in [1.54, 1.807) is 73.7 Å². The number of para-hydroxylation sites is 1. The number of benzene rings is 2. The van der Waals surface area contributed by atoms with Crippen molar-refractivity contribution >= 4 is 21.6 Å². The molecule has 0 bridgehead atoms. The second-order valence-corrected chi connectivity index (χ2v) is 8.33. The van der Waals surface area contributed by atoms with Gasteiger partial charge in [0.05, 0.1) is 22.9 Å². The number of rotatable bonds is 7. The molecule has 1 amide bonds. The summed E-state index contributed by atoms with van der Waals surface area (Å²) in [4.78, 5) is 12.7. The lowest BCUT2D eigenvalue weighted by atomic mass is 10.2. The zero-order valence-corrected chi connectivity index (χ0v) is 16.5. The van der Waals surface area contributed by atoms with E-state index in [9.17, 15) is 13.2 Å². The van der Waals surface area contributed by atoms with Crippen LogP contribution in [0.2, 0.25) is 0 Å². The van der Waals surface area contributed by atoms with Crippen LogP contribution in [0.3, 0.4) is 0 Å². The zero-order valence-electron chi connectivity index (χ0n) is 15.7. The van der Waals surface area contributed by atoms with E-state index in [4.69, 9.17) is 4.42 Å². The van der Waals surface area contributed by atoms with Crippen LogP contribution in [0.25, 0.3) is 0 Å². The predicted molar refractivity (Wildman–Crippen MR) is 107 cm³/mol. The maximum Gasteiger partial charge on any atom is 0.264 e. The molecule has 0 saturated carbocycles. The summed E-state index contributed by atoms with van der Waals surface area (Å²) in [6.07, 6.45) is 1.52. The minimum absolute atomic E-state index is 0.133. The highest BCUT2D eigenvalue weighted by molar-refractivity contribution is 7.92. The molecule has 0 spiro atoms. The van der Waals surface area contributed by atoms with E-state index in [2.05, 4.69) is 5.32 Å². The number of carbonyl (C=O) groups excluding carboxylic acids is 1. The van der Waals surface area contributed by atoms with Crippen molar-refractivity contribution in [1.29, 1.82) is 0 Å². The molecule has 0 saturated heterocycles. The molecule has 3 aromatic rings. The molecule has 2 aromatic carbocycles. The van der Waals surface area contributed by atoms with E-state index in [1.807, 2.05) is 6.92 Å². The van der Waals surface area contributed by atoms with Crippen molar-refractivity contribution in [2.75, 3.05) is 10.8 Å². The molecule has 146 valence electrons. The van der Waals surface area contributed by atoms with Crippen molar-refractivity contribution in [3.63, 3.8) is 0 Å². The molecule has 28 heavy (non-hydrogen) atoms. The van der Waals surface area contributed by atoms with Crippen molar-refractivity contribution in [2.45, 2.75) is 24.8 Å². The Labute approximate surface area is 164 Å². The van der Waals surface area contributed by atoms with Gasteiger partial charge < -0.3 is 9.73 Å². The fourth-order valence-corrected chi connectivity index (χ4v) is 4.19. The van der Waals surface area contributed by atoms with Gasteiger partial charge in [-0.1, -0.05) is 35.9 Å². The van der Waals surface area contributed by atoms with Crippen molar-refractivity contribution < 1.29 is 17.6 Å². The van der Waals surface area contributed by atoms with Crippen LogP contribution in [0.1, 0.15) is 24.3 Å². The highest BCUT2D eigenvalue weighted by Gasteiger charge is 2.27. The van der Waals surface area contributed by atoms with E-state index in [1.165, 1.54) is 6.26 Å². The monoisotopic (exact) mass is 398 g/mol. The molecule has 3 rings (SSSR count). The van der Waals surface area contributed by atoms with Gasteiger partial charge >= 0.3 is 0 Å². The summed E-state index contributed by atoms with van der Waals surface area (Å²) < 4.78 is 32.8. The van der Waals surface area contributed by atoms with Crippen LogP contribution in [0.5, 0.6) is 0 Å². The van der Waals surface area contributed by atoms with Crippen LogP contribution >= 0.6 is 0 Å². The summed E-state index contributed by atoms with van der Waals surface area (Å²) >= 11 is 0. The Balaban J connectivity index is 1.87. The lowest BCUT2D eigenvalue weighted by molar-refractivity contribution is -0.120. The first-order valence-electron chi connectivity index (χ1n) is 8.85. The Hall–Kier alpha value is -3.06. The van der Waals surface area contributed by atoms with Crippen LogP contribution in [0.4, 0.5) is 5.69 Å². The van der Waals surface area contributed by atoms with Crippen molar-refractivity contribution in [2.24, 2.45) is 0 Å². The van der Waals surface area contributed by atoms with Crippen molar-refractivity contribution in [3.8, 4) is 0 Å². The van der Waals surface area contributed by atoms with Gasteiger partial charge in [-0.25, -0.2) is 8.42 Å². The minimum Gasteiger partial charge on any atom is -0.467 e. The normalized spacial score (nSPS) is 12.4. The van der Waals surface area contributed by atoms with E-state index in [0.29, 0.717) is 11.4 Å². The van der Waals surface area contributed by atoms with Gasteiger partial charge in [-0.2, -0.15) is 0 Å². The van der Waals surface area contributed by atoms with E-state index < -0.39 is 15.9 Å². The van der Waals surface area contributed by atoms with Gasteiger partial charge in [0.25, 0.3) is 10.0 Å². The number of carbonyl (C=O) groups is 1. The van der Waals surface area contributed by atoms with Gasteiger partial charge in [-0.05, 0) is 50.2 Å². The maximum atomic E-state index is 13.2. The zero-order chi connectivity index (χ0) is 20.1. The Kier molecular flexibility index (Phi) is 5.84. The number of amides is 1. The number of sulfonamides is 1. The molecule has 7 heteroatoms. The second kappa shape index (κ2) is 8.31. The van der Waals surface area contributed by atoms with Crippen LogP contribution in [0, 0.1) is 6.92 Å². The van der Waals surface area contributed by atoms with Crippen molar-refractivity contribution in [3.05, 3.63) is 84.3 Å². The number of hydrogen-bond donors (Lipinski definition) is 1. The molecule has 1 aromatic heterocycles. The molecule has 1 atom stereocenters. The molecule has 0 aliphatic heterocycles. The Morgan fingerprint density at radius 3 is 2.32 bits per heavy atom. The van der Waals surface area contributed by atoms with Gasteiger partial charge in [0.15, 0.2) is 0 Å². The molecular weight excluding hydrogens is 376 g/mol. The third-order valence-electron chi connectivity index (χ3n) is 4.29. The lowest BCUT2D eigenvalue weighted by Gasteiger charge is -2.24. The highest BCUT2D eigenvalue weighted by atomic mass is 32.2. The summed E-state index contributed by atoms with van der Waals surface area (Å²) in [6, 6.07) is 18.2. The molecule has 1 unspecified atom stereocenters. The average molecular weight is 398 g/mol. The molecular formula is C21H22N2O4S. The minimum atomic E-state index is -3.91. The lowest BCUT2D eigenvalue weighted by Crippen LogP contribution is -2.41. The van der Waals surface area contributed by atoms with E-state index >= 15 is 0 Å². The van der Waals surface area contributed by atoms with Crippen LogP contribution < -0.4 is 9.62 Å². The summed E-state index contributed by atoms with van der Waals surface area (Å²) in [5.74, 6) is 0.171. The topological polar surface area (TPSA) is 79.6 Å². The van der Waals surface area contributed by atoms with Crippen LogP contribution in [-0.4, -0.2) is 20.9 Å². The van der Waals surface area contributed by atoms with Crippen LogP contribution in [-0.2, 0) is 14.8 Å². The molecule has 6 nitrogen and oxygen atoms in total. The molecule has 1 N–H and O–H groups in total. The summed E-state index contributed by atoms with van der Waals surface area (Å²) in [5.41, 5.74) is 1.37. The maximum absolute atomic E-state index is 13.2. The number of nitrogens with zero attached hydrogens (tertiary/aromatic N) is 1. The quantitative estimate of drug-likeness (QED) is 0.659. The summed E-state index contributed by atoms with van der Waals surface area (Å²) in [5, 5.41) is 2.78. The van der Waals surface area contributed by atoms with Gasteiger partial charge in [0.2, 0.25) is 5.91 Å². The van der Waals surface area contributed by atoms with Crippen LogP contribution in [0.15, 0.2) is 82.3 Å². The van der Waals surface area contributed by atoms with Gasteiger partial charge in [-0.3, -0.25) is 9.10 Å². The molecule has 0 aliphatic carbocycles. The third-order valence-corrected chi connectivity index (χ3v) is 6.08. The van der Waals surface area contributed by atoms with Gasteiger partial charge in [0, 0.05) is 0 Å². The Bertz CT molecular complexity index is 1010. The third kappa shape index (κ3) is 4.43. The Morgan fingerprint density at radius 1 is 1.04 bits per heavy atom. The number of nitrogens with one attached hydrogen (secondary N) is 1. The first-order valence-corrected chi connectivity index (χ1v) is 10.3. The molecule has 0 fully saturated rings. The number of anilines is 1. The van der Waals surface area contributed by atoms with E-state index in [0.717, 1.165) is 9.87 Å². The SMILES string of the molecule is Cc1ccc(S(=O)(=O)N(CC(=O)NC(C)c2ccco2)c2ccccc2)cc1. The van der Waals surface area contributed by atoms with Gasteiger partial charge in [0.1, 0.15) is 12.3 Å². The molecule has 1 heterocycles. The molecule has 0 aliphatic rings. The summed E-state index contributed by atoms with van der Waals surface area (Å²) in [6.45, 7) is 3.32. The predicted octanol–water partition coefficient (Wildman–Crippen LogP) is 3.66. The first-order chi connectivity index (χ1) is 13.4. The average Bonchev–Trinajstić information content (AvgIpc) is 3.22. The van der Waals surface area contributed by atoms with E-state index in [-0.39, 0.29) is 17.5 Å². The van der Waals surface area contributed by atoms with Gasteiger partial charge in [-0.15, -0.1) is 0 Å². The fourth-order valence-electron chi connectivity index (χ4n) is 2.77. The highest BCUT2D eigenvalue weighted by Crippen LogP contribution is 2.24. The summed E-state index contributed by atoms with van der Waals surface area (Å²) in [7, 11) is -3.91. The number of hydrogen-bond acceptors (Lipinski definition) is 4. The van der Waals surface area contributed by atoms with Crippen molar-refractivity contribution in [1.82, 2.24) is 5.32 Å². The Morgan fingerprint density at radius 2 is 1.71 bits per heavy atom. The number of aryl methyl sites for hydroxylation is 1. The fraction of sp³-hybridized carbons (Fsp3) is 0.190. The molecule has 0 radical (unpaired) electrons. The number of furan rings is 1. The first kappa shape index (κ1) is 19.7. The smallest absolute Gasteiger partial charge is 0.264 e.